The van der Waals surface area contributed by atoms with Crippen LogP contribution >= 0.6 is 33.8 Å². The SMILES string of the molecule is CCN(CC)C(=S)SSC[C@@H](NC(=O)[C@H](CC(=O)O)NC(=O)[C@H](CC(=O)O)NC(=O)[C@H](CCCN=C(N)N)NC(=O)[C@H](CC(=O)O)NC(=O)CC[C@H](NC(=O)c1ccc(NCc2cnc3nc(N)[nH]c(=O)c3n2)cc1)C(=O)O)C(=O)NCC(=O)O. The summed E-state index contributed by atoms with van der Waals surface area (Å²) in [5.74, 6) is -17.4. The second-order valence-electron chi connectivity index (χ2n) is 17.8. The molecule has 462 valence electrons. The van der Waals surface area contributed by atoms with E-state index in [1.165, 1.54) is 30.5 Å². The van der Waals surface area contributed by atoms with Crippen LogP contribution in [0.15, 0.2) is 40.2 Å². The number of H-pyrrole nitrogens is 1. The summed E-state index contributed by atoms with van der Waals surface area (Å²) in [4.78, 5) is 186. The van der Waals surface area contributed by atoms with Crippen molar-refractivity contribution in [1.82, 2.24) is 62.1 Å². The molecule has 0 fully saturated rings. The van der Waals surface area contributed by atoms with Gasteiger partial charge >= 0.3 is 29.8 Å². The summed E-state index contributed by atoms with van der Waals surface area (Å²) in [6, 6.07) is -5.67. The van der Waals surface area contributed by atoms with E-state index in [0.717, 1.165) is 21.6 Å². The van der Waals surface area contributed by atoms with E-state index >= 15 is 0 Å². The predicted octanol–water partition coefficient (Wildman–Crippen LogP) is -4.02. The molecule has 0 aliphatic carbocycles. The van der Waals surface area contributed by atoms with Gasteiger partial charge in [-0.3, -0.25) is 67.5 Å². The molecule has 0 aliphatic heterocycles. The van der Waals surface area contributed by atoms with Gasteiger partial charge in [0.05, 0.1) is 37.7 Å². The Morgan fingerprint density at radius 3 is 1.76 bits per heavy atom. The van der Waals surface area contributed by atoms with Gasteiger partial charge in [-0.2, -0.15) is 4.98 Å². The Kier molecular flexibility index (Phi) is 28.6. The monoisotopic (exact) mass is 1250 g/mol. The van der Waals surface area contributed by atoms with Crippen LogP contribution in [0.2, 0.25) is 0 Å². The molecule has 20 N–H and O–H groups in total. The van der Waals surface area contributed by atoms with Crippen molar-refractivity contribution in [3.05, 3.63) is 52.1 Å². The first kappa shape index (κ1) is 69.8. The van der Waals surface area contributed by atoms with Crippen LogP contribution in [0.5, 0.6) is 0 Å². The second kappa shape index (κ2) is 34.9. The Morgan fingerprint density at radius 2 is 1.24 bits per heavy atom. The van der Waals surface area contributed by atoms with Crippen LogP contribution in [-0.2, 0) is 59.3 Å². The highest BCUT2D eigenvalue weighted by Gasteiger charge is 2.35. The number of carbonyl (C=O) groups is 12. The summed E-state index contributed by atoms with van der Waals surface area (Å²) in [7, 11) is 2.01. The molecule has 0 radical (unpaired) electrons. The number of fused-ring (bicyclic) bond motifs is 1. The fourth-order valence-corrected chi connectivity index (χ4v) is 10.0. The highest BCUT2D eigenvalue weighted by molar-refractivity contribution is 8.83. The first-order chi connectivity index (χ1) is 40.1. The molecule has 2 heterocycles. The molecule has 0 unspecified atom stereocenters. The highest BCUT2D eigenvalue weighted by Crippen LogP contribution is 2.26. The summed E-state index contributed by atoms with van der Waals surface area (Å²) in [5, 5.41) is 66.2. The second-order valence-corrected chi connectivity index (χ2v) is 20.8. The van der Waals surface area contributed by atoms with Gasteiger partial charge in [0.2, 0.25) is 41.4 Å². The average Bonchev–Trinajstić information content (AvgIpc) is 3.51. The molecule has 0 aliphatic rings. The lowest BCUT2D eigenvalue weighted by Gasteiger charge is -2.26. The molecule has 2 aromatic heterocycles. The van der Waals surface area contributed by atoms with Crippen molar-refractivity contribution >= 4 is 138 Å². The summed E-state index contributed by atoms with van der Waals surface area (Å²) < 4.78 is 0.399. The smallest absolute Gasteiger partial charge is 0.326 e. The van der Waals surface area contributed by atoms with E-state index in [9.17, 15) is 82.8 Å². The maximum atomic E-state index is 13.9. The summed E-state index contributed by atoms with van der Waals surface area (Å²) in [6.07, 6.45) is -4.07. The van der Waals surface area contributed by atoms with Crippen molar-refractivity contribution in [2.45, 2.75) is 102 Å². The maximum Gasteiger partial charge on any atom is 0.326 e. The van der Waals surface area contributed by atoms with Crippen LogP contribution in [0, 0.1) is 0 Å². The van der Waals surface area contributed by atoms with E-state index in [1.54, 1.807) is 4.90 Å². The van der Waals surface area contributed by atoms with E-state index in [1.807, 2.05) is 19.2 Å². The molecule has 6 atom stereocenters. The maximum absolute atomic E-state index is 13.9. The molecule has 0 saturated carbocycles. The Hall–Kier alpha value is -9.46. The number of carbonyl (C=O) groups excluding carboxylic acids is 7. The minimum Gasteiger partial charge on any atom is -0.481 e. The number of hydrogen-bond acceptors (Lipinski definition) is 22. The number of guanidine groups is 1. The lowest BCUT2D eigenvalue weighted by Crippen LogP contribution is -2.60. The number of nitrogen functional groups attached to an aromatic ring is 1. The van der Waals surface area contributed by atoms with Gasteiger partial charge < -0.3 is 90.2 Å². The van der Waals surface area contributed by atoms with Crippen molar-refractivity contribution in [3.63, 3.8) is 0 Å². The molecule has 3 aromatic rings. The Morgan fingerprint density at radius 1 is 0.694 bits per heavy atom. The Labute approximate surface area is 494 Å². The quantitative estimate of drug-likeness (QED) is 0.00867. The Bertz CT molecular complexity index is 3060. The fraction of sp³-hybridized carbons (Fsp3) is 0.447. The zero-order valence-corrected chi connectivity index (χ0v) is 47.7. The van der Waals surface area contributed by atoms with Gasteiger partial charge in [0.15, 0.2) is 17.1 Å². The molecular formula is C47H63N17O18S3. The molecule has 85 heavy (non-hydrogen) atoms. The molecule has 7 amide bonds. The molecule has 0 spiro atoms. The minimum absolute atomic E-state index is 0.0114. The standard InChI is InChI=1S/C47H63N17O18S3/c1-3-64(4-2)47(83)85-84-20-29(38(75)54-19-34(72)73)61-42(79)28(16-33(70)71)60-41(78)27(15-32(68)69)59-39(76)24(6-5-13-51-45(48)49)57-40(77)26(14-31(66)67)56-30(65)12-11-25(44(81)82)58-37(74)21-7-9-22(10-8-21)52-17-23-18-53-36-35(55-23)43(80)63-46(50)62-36/h7-10,18,24-29,52H,3-6,11-17,19-20H2,1-2H3,(H,54,75)(H,56,65)(H,57,77)(H,58,74)(H,59,76)(H,60,78)(H,61,79)(H,66,67)(H,68,69)(H,70,71)(H,72,73)(H,81,82)(H4,48,49,51)(H3,50,53,62,63,80)/t24-,25-,26-,27-,28-,29+/m0/s1. The number of nitrogens with zero attached hydrogens (tertiary/aromatic N) is 5. The summed E-state index contributed by atoms with van der Waals surface area (Å²) in [6.45, 7) is 3.74. The third-order valence-corrected chi connectivity index (χ3v) is 14.5. The van der Waals surface area contributed by atoms with Gasteiger partial charge in [0.1, 0.15) is 47.1 Å². The molecule has 0 bridgehead atoms. The molecular weight excluding hydrogens is 1190 g/mol. The number of thiocarbonyl (C=S) groups is 1. The van der Waals surface area contributed by atoms with Gasteiger partial charge in [0.25, 0.3) is 11.5 Å². The van der Waals surface area contributed by atoms with Gasteiger partial charge in [0, 0.05) is 43.1 Å². The lowest BCUT2D eigenvalue weighted by atomic mass is 10.1. The first-order valence-corrected chi connectivity index (χ1v) is 28.0. The van der Waals surface area contributed by atoms with Crippen molar-refractivity contribution < 1.29 is 83.1 Å². The van der Waals surface area contributed by atoms with Gasteiger partial charge in [-0.1, -0.05) is 23.0 Å². The number of rotatable bonds is 36. The number of amides is 7. The lowest BCUT2D eigenvalue weighted by molar-refractivity contribution is -0.143. The largest absolute Gasteiger partial charge is 0.481 e. The number of nitrogens with two attached hydrogens (primary N) is 3. The van der Waals surface area contributed by atoms with Crippen LogP contribution in [0.3, 0.4) is 0 Å². The number of carboxylic acid groups (broad SMARTS) is 5. The Balaban J connectivity index is 1.75. The van der Waals surface area contributed by atoms with Crippen molar-refractivity contribution in [2.24, 2.45) is 16.5 Å². The van der Waals surface area contributed by atoms with E-state index in [4.69, 9.17) is 34.5 Å². The zero-order chi connectivity index (χ0) is 63.5. The van der Waals surface area contributed by atoms with Crippen LogP contribution in [-0.4, -0.2) is 200 Å². The molecule has 35 nitrogen and oxygen atoms in total. The number of hydrogen-bond donors (Lipinski definition) is 17. The van der Waals surface area contributed by atoms with Crippen LogP contribution in [0.4, 0.5) is 11.6 Å². The normalized spacial score (nSPS) is 12.9. The van der Waals surface area contributed by atoms with E-state index in [-0.39, 0.29) is 53.9 Å². The van der Waals surface area contributed by atoms with Crippen LogP contribution in [0.25, 0.3) is 11.2 Å². The van der Waals surface area contributed by atoms with Gasteiger partial charge in [-0.15, -0.1) is 0 Å². The van der Waals surface area contributed by atoms with E-state index in [0.29, 0.717) is 28.8 Å². The summed E-state index contributed by atoms with van der Waals surface area (Å²) in [5.41, 5.74) is 16.5. The number of aromatic nitrogens is 4. The number of aliphatic carboxylic acids is 5. The van der Waals surface area contributed by atoms with Crippen molar-refractivity contribution in [2.75, 3.05) is 43.0 Å². The molecule has 0 saturated heterocycles. The van der Waals surface area contributed by atoms with Crippen molar-refractivity contribution in [1.29, 1.82) is 0 Å². The average molecular weight is 1250 g/mol. The number of nitrogens with one attached hydrogen (secondary N) is 9. The topological polar surface area (TPSA) is 567 Å². The first-order valence-electron chi connectivity index (χ1n) is 25.3. The molecule has 1 aromatic carbocycles. The predicted molar refractivity (Wildman–Crippen MR) is 307 cm³/mol. The number of aliphatic imine (C=N–C) groups is 1. The number of carboxylic acids is 5. The highest BCUT2D eigenvalue weighted by atomic mass is 33.1. The fourth-order valence-electron chi connectivity index (χ4n) is 7.20. The van der Waals surface area contributed by atoms with Crippen molar-refractivity contribution in [3.8, 4) is 0 Å². The number of anilines is 2. The third-order valence-electron chi connectivity index (χ3n) is 11.4. The van der Waals surface area contributed by atoms with E-state index in [2.05, 4.69) is 62.1 Å². The number of aromatic amines is 1. The van der Waals surface area contributed by atoms with Gasteiger partial charge in [-0.25, -0.2) is 14.8 Å². The van der Waals surface area contributed by atoms with E-state index < -0.39 is 158 Å². The zero-order valence-electron chi connectivity index (χ0n) is 45.3. The minimum atomic E-state index is -2.15. The molecule has 38 heteroatoms. The molecule has 3 rings (SSSR count). The number of benzene rings is 1. The van der Waals surface area contributed by atoms with Gasteiger partial charge in [-0.05, 0) is 68.2 Å². The summed E-state index contributed by atoms with van der Waals surface area (Å²) >= 11 is 5.38. The third kappa shape index (κ3) is 24.9. The van der Waals surface area contributed by atoms with Crippen LogP contribution in [0.1, 0.15) is 74.8 Å². The van der Waals surface area contributed by atoms with Crippen LogP contribution < -0.4 is 65.3 Å².